The first-order chi connectivity index (χ1) is 5.38. The average molecular weight is 153 g/mol. The zero-order chi connectivity index (χ0) is 8.10. The van der Waals surface area contributed by atoms with Gasteiger partial charge in [-0.05, 0) is 37.6 Å². The fraction of sp³-hybridized carbons (Fsp3) is 0.800. The number of hydrogen-bond donors (Lipinski definition) is 1. The molecule has 0 saturated heterocycles. The lowest BCUT2D eigenvalue weighted by Gasteiger charge is -2.24. The molecular formula is C10H19N. The summed E-state index contributed by atoms with van der Waals surface area (Å²) in [7, 11) is 0. The maximum atomic E-state index is 5.68. The van der Waals surface area contributed by atoms with E-state index < -0.39 is 0 Å². The molecule has 11 heavy (non-hydrogen) atoms. The van der Waals surface area contributed by atoms with Crippen molar-refractivity contribution in [3.05, 3.63) is 12.2 Å². The van der Waals surface area contributed by atoms with Crippen molar-refractivity contribution in [1.82, 2.24) is 0 Å². The smallest absolute Gasteiger partial charge is 0.00433 e. The van der Waals surface area contributed by atoms with Crippen LogP contribution in [-0.4, -0.2) is 6.54 Å². The van der Waals surface area contributed by atoms with Crippen LogP contribution in [0.15, 0.2) is 12.2 Å². The van der Waals surface area contributed by atoms with Gasteiger partial charge < -0.3 is 5.73 Å². The largest absolute Gasteiger partial charge is 0.330 e. The van der Waals surface area contributed by atoms with E-state index >= 15 is 0 Å². The van der Waals surface area contributed by atoms with Crippen LogP contribution in [0.4, 0.5) is 0 Å². The third-order valence-electron chi connectivity index (χ3n) is 2.72. The highest BCUT2D eigenvalue weighted by molar-refractivity contribution is 4.95. The fourth-order valence-corrected chi connectivity index (χ4v) is 1.88. The summed E-state index contributed by atoms with van der Waals surface area (Å²) in [5, 5.41) is 0. The topological polar surface area (TPSA) is 26.0 Å². The molecule has 0 fully saturated rings. The molecule has 0 heterocycles. The van der Waals surface area contributed by atoms with E-state index in [4.69, 9.17) is 5.73 Å². The minimum atomic E-state index is 0.728. The molecule has 0 aromatic rings. The van der Waals surface area contributed by atoms with Crippen LogP contribution in [0.5, 0.6) is 0 Å². The van der Waals surface area contributed by atoms with E-state index in [1.54, 1.807) is 0 Å². The summed E-state index contributed by atoms with van der Waals surface area (Å²) in [4.78, 5) is 0. The Balaban J connectivity index is 2.42. The summed E-state index contributed by atoms with van der Waals surface area (Å²) in [5.41, 5.74) is 5.68. The van der Waals surface area contributed by atoms with E-state index in [1.807, 2.05) is 0 Å². The Bertz CT molecular complexity index is 125. The van der Waals surface area contributed by atoms with Gasteiger partial charge >= 0.3 is 0 Å². The van der Waals surface area contributed by atoms with Gasteiger partial charge in [-0.1, -0.05) is 25.5 Å². The molecule has 0 aliphatic heterocycles. The quantitative estimate of drug-likeness (QED) is 0.619. The van der Waals surface area contributed by atoms with Gasteiger partial charge in [-0.25, -0.2) is 0 Å². The summed E-state index contributed by atoms with van der Waals surface area (Å²) in [6.45, 7) is 3.09. The number of nitrogens with two attached hydrogens (primary N) is 1. The first kappa shape index (κ1) is 8.79. The number of allylic oxidation sites excluding steroid dienone is 2. The van der Waals surface area contributed by atoms with Crippen molar-refractivity contribution >= 4 is 0 Å². The summed E-state index contributed by atoms with van der Waals surface area (Å²) >= 11 is 0. The lowest BCUT2D eigenvalue weighted by molar-refractivity contribution is 0.355. The van der Waals surface area contributed by atoms with Gasteiger partial charge in [0.05, 0.1) is 0 Å². The van der Waals surface area contributed by atoms with Gasteiger partial charge in [-0.15, -0.1) is 0 Å². The molecule has 1 rings (SSSR count). The van der Waals surface area contributed by atoms with Crippen molar-refractivity contribution in [2.24, 2.45) is 17.6 Å². The second kappa shape index (κ2) is 4.55. The van der Waals surface area contributed by atoms with Gasteiger partial charge in [0.2, 0.25) is 0 Å². The van der Waals surface area contributed by atoms with Crippen molar-refractivity contribution in [3.8, 4) is 0 Å². The molecular weight excluding hydrogens is 134 g/mol. The molecule has 1 aliphatic carbocycles. The molecule has 1 heteroatoms. The van der Waals surface area contributed by atoms with Crippen LogP contribution >= 0.6 is 0 Å². The van der Waals surface area contributed by atoms with E-state index in [1.165, 1.54) is 25.7 Å². The second-order valence-corrected chi connectivity index (χ2v) is 3.43. The third kappa shape index (κ3) is 2.33. The standard InChI is InChI=1S/C10H19N/c1-2-9(8-11)10-6-4-3-5-7-10/h4,6,9-10H,2-3,5,7-8,11H2,1H3. The Morgan fingerprint density at radius 2 is 2.45 bits per heavy atom. The maximum absolute atomic E-state index is 5.68. The molecule has 0 saturated carbocycles. The molecule has 1 aliphatic rings. The lowest BCUT2D eigenvalue weighted by atomic mass is 9.83. The molecule has 0 amide bonds. The lowest BCUT2D eigenvalue weighted by Crippen LogP contribution is -2.22. The highest BCUT2D eigenvalue weighted by Gasteiger charge is 2.16. The van der Waals surface area contributed by atoms with Crippen molar-refractivity contribution in [2.45, 2.75) is 32.6 Å². The molecule has 2 unspecified atom stereocenters. The van der Waals surface area contributed by atoms with Gasteiger partial charge in [-0.2, -0.15) is 0 Å². The molecule has 0 radical (unpaired) electrons. The first-order valence-electron chi connectivity index (χ1n) is 4.75. The predicted molar refractivity (Wildman–Crippen MR) is 49.3 cm³/mol. The second-order valence-electron chi connectivity index (χ2n) is 3.43. The Kier molecular flexibility index (Phi) is 3.64. The SMILES string of the molecule is CCC(CN)C1C=CCCC1. The molecule has 0 bridgehead atoms. The van der Waals surface area contributed by atoms with Crippen molar-refractivity contribution < 1.29 is 0 Å². The maximum Gasteiger partial charge on any atom is -0.00433 e. The zero-order valence-corrected chi connectivity index (χ0v) is 7.42. The molecule has 1 nitrogen and oxygen atoms in total. The summed E-state index contributed by atoms with van der Waals surface area (Å²) in [6, 6.07) is 0. The van der Waals surface area contributed by atoms with Gasteiger partial charge in [0.25, 0.3) is 0 Å². The first-order valence-corrected chi connectivity index (χ1v) is 4.75. The third-order valence-corrected chi connectivity index (χ3v) is 2.72. The number of hydrogen-bond acceptors (Lipinski definition) is 1. The Morgan fingerprint density at radius 3 is 2.91 bits per heavy atom. The highest BCUT2D eigenvalue weighted by Crippen LogP contribution is 2.25. The van der Waals surface area contributed by atoms with Crippen LogP contribution in [0.3, 0.4) is 0 Å². The highest BCUT2D eigenvalue weighted by atomic mass is 14.6. The van der Waals surface area contributed by atoms with E-state index in [0.29, 0.717) is 0 Å². The average Bonchev–Trinajstić information content (AvgIpc) is 2.09. The number of rotatable bonds is 3. The molecule has 2 atom stereocenters. The Morgan fingerprint density at radius 1 is 1.64 bits per heavy atom. The van der Waals surface area contributed by atoms with Crippen LogP contribution in [0.1, 0.15) is 32.6 Å². The minimum Gasteiger partial charge on any atom is -0.330 e. The zero-order valence-electron chi connectivity index (χ0n) is 7.42. The summed E-state index contributed by atoms with van der Waals surface area (Å²) in [5.74, 6) is 1.50. The normalized spacial score (nSPS) is 26.9. The van der Waals surface area contributed by atoms with E-state index in [0.717, 1.165) is 18.4 Å². The summed E-state index contributed by atoms with van der Waals surface area (Å²) < 4.78 is 0. The van der Waals surface area contributed by atoms with Crippen LogP contribution in [0.2, 0.25) is 0 Å². The monoisotopic (exact) mass is 153 g/mol. The van der Waals surface area contributed by atoms with E-state index in [9.17, 15) is 0 Å². The van der Waals surface area contributed by atoms with Crippen LogP contribution in [0, 0.1) is 11.8 Å². The van der Waals surface area contributed by atoms with Crippen LogP contribution < -0.4 is 5.73 Å². The predicted octanol–water partition coefficient (Wildman–Crippen LogP) is 2.33. The van der Waals surface area contributed by atoms with Crippen molar-refractivity contribution in [3.63, 3.8) is 0 Å². The van der Waals surface area contributed by atoms with Gasteiger partial charge in [0.15, 0.2) is 0 Å². The molecule has 0 spiro atoms. The Hall–Kier alpha value is -0.300. The van der Waals surface area contributed by atoms with E-state index in [-0.39, 0.29) is 0 Å². The van der Waals surface area contributed by atoms with E-state index in [2.05, 4.69) is 19.1 Å². The van der Waals surface area contributed by atoms with Crippen molar-refractivity contribution in [2.75, 3.05) is 6.54 Å². The molecule has 0 aromatic heterocycles. The summed E-state index contributed by atoms with van der Waals surface area (Å²) in [6.07, 6.45) is 9.89. The van der Waals surface area contributed by atoms with Crippen LogP contribution in [-0.2, 0) is 0 Å². The fourth-order valence-electron chi connectivity index (χ4n) is 1.88. The molecule has 2 N–H and O–H groups in total. The molecule has 64 valence electrons. The van der Waals surface area contributed by atoms with Crippen molar-refractivity contribution in [1.29, 1.82) is 0 Å². The molecule has 0 aromatic carbocycles. The van der Waals surface area contributed by atoms with Gasteiger partial charge in [0, 0.05) is 0 Å². The van der Waals surface area contributed by atoms with Gasteiger partial charge in [0.1, 0.15) is 0 Å². The minimum absolute atomic E-state index is 0.728. The van der Waals surface area contributed by atoms with Gasteiger partial charge in [-0.3, -0.25) is 0 Å². The van der Waals surface area contributed by atoms with Crippen LogP contribution in [0.25, 0.3) is 0 Å². The Labute approximate surface area is 69.7 Å².